The highest BCUT2D eigenvalue weighted by Gasteiger charge is 2.23. The van der Waals surface area contributed by atoms with E-state index in [9.17, 15) is 0 Å². The molecule has 1 aliphatic rings. The molecule has 0 atom stereocenters. The summed E-state index contributed by atoms with van der Waals surface area (Å²) in [7, 11) is 1.66. The highest BCUT2D eigenvalue weighted by molar-refractivity contribution is 7.98. The number of aromatic amines is 1. The molecule has 1 aromatic carbocycles. The van der Waals surface area contributed by atoms with Gasteiger partial charge in [0.25, 0.3) is 0 Å². The van der Waals surface area contributed by atoms with Crippen LogP contribution in [0.1, 0.15) is 25.1 Å². The van der Waals surface area contributed by atoms with E-state index in [-0.39, 0.29) is 5.60 Å². The van der Waals surface area contributed by atoms with Gasteiger partial charge in [0, 0.05) is 17.5 Å². The van der Waals surface area contributed by atoms with Crippen LogP contribution in [-0.4, -0.2) is 27.7 Å². The third kappa shape index (κ3) is 3.09. The van der Waals surface area contributed by atoms with Crippen molar-refractivity contribution in [3.8, 4) is 11.5 Å². The van der Waals surface area contributed by atoms with E-state index in [0.717, 1.165) is 38.9 Å². The number of thioether (sulfide) groups is 1. The highest BCUT2D eigenvalue weighted by Crippen LogP contribution is 2.34. The topological polar surface area (TPSA) is 60.0 Å². The maximum atomic E-state index is 6.01. The second-order valence-corrected chi connectivity index (χ2v) is 7.36. The molecule has 0 bridgehead atoms. The number of fused-ring (bicyclic) bond motifs is 2. The third-order valence-corrected chi connectivity index (χ3v) is 4.96. The largest absolute Gasteiger partial charge is 0.494 e. The van der Waals surface area contributed by atoms with Gasteiger partial charge in [0.05, 0.1) is 18.3 Å². The van der Waals surface area contributed by atoms with Crippen molar-refractivity contribution in [2.75, 3.05) is 7.11 Å². The Bertz CT molecular complexity index is 962. The fourth-order valence-corrected chi connectivity index (χ4v) is 3.67. The summed E-state index contributed by atoms with van der Waals surface area (Å²) in [6.45, 7) is 4.09. The predicted molar refractivity (Wildman–Crippen MR) is 100 cm³/mol. The Morgan fingerprint density at radius 1 is 1.28 bits per heavy atom. The molecule has 0 unspecified atom stereocenters. The Kier molecular flexibility index (Phi) is 3.92. The van der Waals surface area contributed by atoms with Gasteiger partial charge < -0.3 is 14.5 Å². The molecular weight excluding hydrogens is 334 g/mol. The molecule has 0 saturated carbocycles. The van der Waals surface area contributed by atoms with Crippen molar-refractivity contribution in [2.45, 2.75) is 30.4 Å². The molecule has 3 heterocycles. The van der Waals surface area contributed by atoms with Gasteiger partial charge in [-0.3, -0.25) is 4.98 Å². The number of para-hydroxylation sites is 1. The minimum absolute atomic E-state index is 0.284. The minimum Gasteiger partial charge on any atom is -0.494 e. The monoisotopic (exact) mass is 353 g/mol. The Morgan fingerprint density at radius 2 is 2.16 bits per heavy atom. The first kappa shape index (κ1) is 16.0. The predicted octanol–water partition coefficient (Wildman–Crippen LogP) is 4.44. The molecule has 4 rings (SSSR count). The fraction of sp³-hybridized carbons (Fsp3) is 0.263. The molecule has 5 nitrogen and oxygen atoms in total. The van der Waals surface area contributed by atoms with Crippen LogP contribution in [0.5, 0.6) is 11.5 Å². The molecule has 0 aliphatic carbocycles. The number of hydrogen-bond donors (Lipinski definition) is 1. The molecule has 0 fully saturated rings. The lowest BCUT2D eigenvalue weighted by Gasteiger charge is -2.28. The van der Waals surface area contributed by atoms with Crippen molar-refractivity contribution >= 4 is 28.9 Å². The number of methoxy groups -OCH3 is 1. The number of aromatic nitrogens is 3. The van der Waals surface area contributed by atoms with Gasteiger partial charge in [0.2, 0.25) is 0 Å². The fourth-order valence-electron chi connectivity index (χ4n) is 2.83. The molecule has 1 N–H and O–H groups in total. The molecule has 0 amide bonds. The van der Waals surface area contributed by atoms with Crippen LogP contribution in [-0.2, 0) is 5.75 Å². The Labute approximate surface area is 150 Å². The zero-order chi connectivity index (χ0) is 17.4. The quantitative estimate of drug-likeness (QED) is 0.703. The molecule has 2 aromatic heterocycles. The number of nitrogens with one attached hydrogen (secondary N) is 1. The molecule has 6 heteroatoms. The zero-order valence-corrected chi connectivity index (χ0v) is 15.2. The molecule has 0 saturated heterocycles. The van der Waals surface area contributed by atoms with E-state index in [1.54, 1.807) is 25.1 Å². The molecule has 0 radical (unpaired) electrons. The van der Waals surface area contributed by atoms with E-state index in [1.807, 2.05) is 38.1 Å². The average Bonchev–Trinajstić information content (AvgIpc) is 3.01. The number of nitrogens with zero attached hydrogens (tertiary/aromatic N) is 2. The summed E-state index contributed by atoms with van der Waals surface area (Å²) in [6, 6.07) is 7.78. The first-order valence-corrected chi connectivity index (χ1v) is 9.06. The Morgan fingerprint density at radius 3 is 3.00 bits per heavy atom. The van der Waals surface area contributed by atoms with Gasteiger partial charge in [-0.2, -0.15) is 0 Å². The number of benzene rings is 1. The van der Waals surface area contributed by atoms with Gasteiger partial charge in [0.15, 0.2) is 5.16 Å². The van der Waals surface area contributed by atoms with Gasteiger partial charge in [-0.1, -0.05) is 17.8 Å². The van der Waals surface area contributed by atoms with E-state index in [1.165, 1.54) is 0 Å². The molecule has 128 valence electrons. The summed E-state index contributed by atoms with van der Waals surface area (Å²) in [4.78, 5) is 12.5. The lowest BCUT2D eigenvalue weighted by atomic mass is 10.0. The van der Waals surface area contributed by atoms with E-state index in [4.69, 9.17) is 9.47 Å². The van der Waals surface area contributed by atoms with Crippen LogP contribution in [0.3, 0.4) is 0 Å². The van der Waals surface area contributed by atoms with Gasteiger partial charge in [-0.05, 0) is 44.2 Å². The smallest absolute Gasteiger partial charge is 0.166 e. The zero-order valence-electron chi connectivity index (χ0n) is 14.4. The number of ether oxygens (including phenoxy) is 2. The van der Waals surface area contributed by atoms with E-state index in [2.05, 4.69) is 27.1 Å². The second-order valence-electron chi connectivity index (χ2n) is 6.40. The van der Waals surface area contributed by atoms with Crippen molar-refractivity contribution in [3.63, 3.8) is 0 Å². The normalized spacial score (nSPS) is 15.0. The summed E-state index contributed by atoms with van der Waals surface area (Å²) in [5.41, 5.74) is 3.56. The summed E-state index contributed by atoms with van der Waals surface area (Å²) < 4.78 is 11.4. The van der Waals surface area contributed by atoms with Crippen LogP contribution in [0.25, 0.3) is 17.1 Å². The second kappa shape index (κ2) is 6.11. The number of pyridine rings is 1. The lowest BCUT2D eigenvalue weighted by molar-refractivity contribution is 0.158. The number of hydrogen-bond acceptors (Lipinski definition) is 5. The highest BCUT2D eigenvalue weighted by atomic mass is 32.2. The van der Waals surface area contributed by atoms with Crippen LogP contribution < -0.4 is 9.47 Å². The van der Waals surface area contributed by atoms with Crippen molar-refractivity contribution in [2.24, 2.45) is 0 Å². The number of imidazole rings is 1. The van der Waals surface area contributed by atoms with Crippen LogP contribution in [0.2, 0.25) is 0 Å². The first-order valence-electron chi connectivity index (χ1n) is 8.07. The van der Waals surface area contributed by atoms with Crippen molar-refractivity contribution in [1.29, 1.82) is 0 Å². The van der Waals surface area contributed by atoms with Gasteiger partial charge in [-0.15, -0.1) is 0 Å². The van der Waals surface area contributed by atoms with Crippen LogP contribution in [0, 0.1) is 0 Å². The van der Waals surface area contributed by atoms with Gasteiger partial charge in [0.1, 0.15) is 22.6 Å². The SMILES string of the molecule is COc1cccc2[nH]c(SCc3nccc4c3C=CC(C)(C)O4)nc12. The standard InChI is InChI=1S/C19H19N3O2S/c1-19(2)9-7-12-14(20-10-8-15(12)24-19)11-25-18-21-13-5-4-6-16(23-3)17(13)22-18/h4-10H,11H2,1-3H3,(H,21,22). The summed E-state index contributed by atoms with van der Waals surface area (Å²) >= 11 is 1.62. The molecule has 3 aromatic rings. The molecular formula is C19H19N3O2S. The molecule has 25 heavy (non-hydrogen) atoms. The first-order chi connectivity index (χ1) is 12.1. The maximum absolute atomic E-state index is 6.01. The van der Waals surface area contributed by atoms with Crippen molar-refractivity contribution < 1.29 is 9.47 Å². The van der Waals surface area contributed by atoms with Crippen LogP contribution in [0.15, 0.2) is 41.7 Å². The summed E-state index contributed by atoms with van der Waals surface area (Å²) in [5.74, 6) is 2.36. The summed E-state index contributed by atoms with van der Waals surface area (Å²) in [5, 5.41) is 0.847. The summed E-state index contributed by atoms with van der Waals surface area (Å²) in [6.07, 6.45) is 5.96. The Balaban J connectivity index is 1.59. The minimum atomic E-state index is -0.284. The lowest BCUT2D eigenvalue weighted by Crippen LogP contribution is -2.27. The molecule has 1 aliphatic heterocycles. The number of H-pyrrole nitrogens is 1. The van der Waals surface area contributed by atoms with E-state index in [0.29, 0.717) is 5.75 Å². The van der Waals surface area contributed by atoms with E-state index < -0.39 is 0 Å². The van der Waals surface area contributed by atoms with Gasteiger partial charge in [-0.25, -0.2) is 4.98 Å². The van der Waals surface area contributed by atoms with Crippen LogP contribution >= 0.6 is 11.8 Å². The number of rotatable bonds is 4. The third-order valence-electron chi connectivity index (χ3n) is 4.08. The van der Waals surface area contributed by atoms with Gasteiger partial charge >= 0.3 is 0 Å². The van der Waals surface area contributed by atoms with Crippen molar-refractivity contribution in [1.82, 2.24) is 15.0 Å². The Hall–Kier alpha value is -2.47. The average molecular weight is 353 g/mol. The van der Waals surface area contributed by atoms with Crippen LogP contribution in [0.4, 0.5) is 0 Å². The van der Waals surface area contributed by atoms with E-state index >= 15 is 0 Å². The maximum Gasteiger partial charge on any atom is 0.166 e. The van der Waals surface area contributed by atoms with Crippen molar-refractivity contribution in [3.05, 3.63) is 47.8 Å². The molecule has 0 spiro atoms.